The van der Waals surface area contributed by atoms with E-state index >= 15 is 0 Å². The molecule has 70 valence electrons. The zero-order valence-corrected chi connectivity index (χ0v) is 7.74. The van der Waals surface area contributed by atoms with Crippen LogP contribution in [-0.4, -0.2) is 5.11 Å². The van der Waals surface area contributed by atoms with Gasteiger partial charge in [0.1, 0.15) is 5.75 Å². The molecule has 0 saturated heterocycles. The smallest absolute Gasteiger partial charge is 0.157 e. The fraction of sp³-hybridized carbons (Fsp3) is 0.200. The topological polar surface area (TPSA) is 55.5 Å². The van der Waals surface area contributed by atoms with E-state index in [-0.39, 0.29) is 5.75 Å². The highest BCUT2D eigenvalue weighted by molar-refractivity contribution is 5.60. The largest absolute Gasteiger partial charge is 0.508 e. The van der Waals surface area contributed by atoms with Crippen molar-refractivity contribution >= 4 is 6.08 Å². The fourth-order valence-corrected chi connectivity index (χ4v) is 1.11. The van der Waals surface area contributed by atoms with E-state index in [1.807, 2.05) is 32.1 Å². The van der Waals surface area contributed by atoms with Gasteiger partial charge in [0.15, 0.2) is 5.75 Å². The second-order valence-corrected chi connectivity index (χ2v) is 2.79. The summed E-state index contributed by atoms with van der Waals surface area (Å²) in [5.41, 5.74) is 1.66. The standard InChI is InChI=1S/C10H13NO2/c1-3-4-8-5-7(2)9(12)6-10(8)13-11/h3-6,12H,11H2,1-2H3/b4-3-. The third kappa shape index (κ3) is 2.00. The zero-order chi connectivity index (χ0) is 9.84. The van der Waals surface area contributed by atoms with E-state index in [4.69, 9.17) is 5.90 Å². The van der Waals surface area contributed by atoms with Crippen molar-refractivity contribution in [3.05, 3.63) is 29.3 Å². The van der Waals surface area contributed by atoms with E-state index in [9.17, 15) is 5.11 Å². The van der Waals surface area contributed by atoms with Crippen molar-refractivity contribution in [2.45, 2.75) is 13.8 Å². The lowest BCUT2D eigenvalue weighted by Gasteiger charge is -2.06. The Kier molecular flexibility index (Phi) is 2.93. The Hall–Kier alpha value is -1.48. The summed E-state index contributed by atoms with van der Waals surface area (Å²) in [7, 11) is 0. The molecular weight excluding hydrogens is 166 g/mol. The molecule has 0 heterocycles. The summed E-state index contributed by atoms with van der Waals surface area (Å²) < 4.78 is 0. The number of benzene rings is 1. The number of aromatic hydroxyl groups is 1. The third-order valence-corrected chi connectivity index (χ3v) is 1.80. The normalized spacial score (nSPS) is 10.7. The lowest BCUT2D eigenvalue weighted by Crippen LogP contribution is -2.03. The second kappa shape index (κ2) is 3.96. The van der Waals surface area contributed by atoms with Crippen molar-refractivity contribution in [1.82, 2.24) is 0 Å². The molecule has 0 aliphatic carbocycles. The molecule has 13 heavy (non-hydrogen) atoms. The maximum Gasteiger partial charge on any atom is 0.157 e. The summed E-state index contributed by atoms with van der Waals surface area (Å²) in [5, 5.41) is 9.36. The Labute approximate surface area is 77.4 Å². The number of hydrogen-bond donors (Lipinski definition) is 2. The SMILES string of the molecule is C/C=C\c1cc(C)c(O)cc1ON. The van der Waals surface area contributed by atoms with Crippen molar-refractivity contribution in [2.75, 3.05) is 0 Å². The molecule has 1 aromatic carbocycles. The van der Waals surface area contributed by atoms with Crippen LogP contribution in [0.25, 0.3) is 6.08 Å². The molecule has 0 spiro atoms. The van der Waals surface area contributed by atoms with Crippen molar-refractivity contribution in [3.63, 3.8) is 0 Å². The summed E-state index contributed by atoms with van der Waals surface area (Å²) in [4.78, 5) is 4.62. The average molecular weight is 179 g/mol. The minimum Gasteiger partial charge on any atom is -0.508 e. The van der Waals surface area contributed by atoms with Gasteiger partial charge in [-0.05, 0) is 25.5 Å². The lowest BCUT2D eigenvalue weighted by atomic mass is 10.1. The van der Waals surface area contributed by atoms with Crippen molar-refractivity contribution < 1.29 is 9.94 Å². The molecule has 0 bridgehead atoms. The highest BCUT2D eigenvalue weighted by Gasteiger charge is 2.04. The van der Waals surface area contributed by atoms with Crippen LogP contribution in [0.15, 0.2) is 18.2 Å². The van der Waals surface area contributed by atoms with Gasteiger partial charge in [0, 0.05) is 11.6 Å². The van der Waals surface area contributed by atoms with Crippen molar-refractivity contribution in [3.8, 4) is 11.5 Å². The predicted molar refractivity (Wildman–Crippen MR) is 52.4 cm³/mol. The molecule has 0 atom stereocenters. The third-order valence-electron chi connectivity index (χ3n) is 1.80. The Morgan fingerprint density at radius 1 is 1.46 bits per heavy atom. The number of phenols is 1. The number of nitrogens with two attached hydrogens (primary N) is 1. The molecular formula is C10H13NO2. The van der Waals surface area contributed by atoms with E-state index < -0.39 is 0 Å². The maximum absolute atomic E-state index is 9.36. The molecule has 0 radical (unpaired) electrons. The van der Waals surface area contributed by atoms with Gasteiger partial charge in [-0.25, -0.2) is 0 Å². The van der Waals surface area contributed by atoms with Gasteiger partial charge in [-0.3, -0.25) is 0 Å². The van der Waals surface area contributed by atoms with Crippen LogP contribution in [-0.2, 0) is 0 Å². The lowest BCUT2D eigenvalue weighted by molar-refractivity contribution is 0.331. The monoisotopic (exact) mass is 179 g/mol. The molecule has 0 aliphatic heterocycles. The molecule has 3 N–H and O–H groups in total. The summed E-state index contributed by atoms with van der Waals surface area (Å²) in [5.74, 6) is 5.72. The van der Waals surface area contributed by atoms with Crippen LogP contribution in [0.2, 0.25) is 0 Å². The number of phenolic OH excluding ortho intramolecular Hbond substituents is 1. The summed E-state index contributed by atoms with van der Waals surface area (Å²) in [6, 6.07) is 3.32. The second-order valence-electron chi connectivity index (χ2n) is 2.79. The zero-order valence-electron chi connectivity index (χ0n) is 7.74. The molecule has 1 aromatic rings. The quantitative estimate of drug-likeness (QED) is 0.682. The molecule has 0 saturated carbocycles. The van der Waals surface area contributed by atoms with Crippen molar-refractivity contribution in [1.29, 1.82) is 0 Å². The number of aryl methyl sites for hydroxylation is 1. The Morgan fingerprint density at radius 2 is 2.15 bits per heavy atom. The van der Waals surface area contributed by atoms with Gasteiger partial charge in [0.05, 0.1) is 0 Å². The van der Waals surface area contributed by atoms with Gasteiger partial charge in [-0.1, -0.05) is 12.2 Å². The van der Waals surface area contributed by atoms with Crippen LogP contribution in [0, 0.1) is 6.92 Å². The van der Waals surface area contributed by atoms with Crippen LogP contribution in [0.3, 0.4) is 0 Å². The maximum atomic E-state index is 9.36. The highest BCUT2D eigenvalue weighted by Crippen LogP contribution is 2.27. The minimum absolute atomic E-state index is 0.189. The van der Waals surface area contributed by atoms with E-state index in [0.717, 1.165) is 11.1 Å². The first-order valence-electron chi connectivity index (χ1n) is 4.02. The first-order valence-corrected chi connectivity index (χ1v) is 4.02. The molecule has 0 aliphatic rings. The molecule has 0 unspecified atom stereocenters. The first kappa shape index (κ1) is 9.61. The highest BCUT2D eigenvalue weighted by atomic mass is 16.6. The van der Waals surface area contributed by atoms with Crippen LogP contribution < -0.4 is 10.7 Å². The van der Waals surface area contributed by atoms with Gasteiger partial charge in [-0.15, -0.1) is 0 Å². The Bertz CT molecular complexity index is 332. The van der Waals surface area contributed by atoms with Gasteiger partial charge < -0.3 is 9.94 Å². The van der Waals surface area contributed by atoms with E-state index in [1.165, 1.54) is 6.07 Å². The molecule has 0 amide bonds. The average Bonchev–Trinajstić information content (AvgIpc) is 2.11. The summed E-state index contributed by atoms with van der Waals surface area (Å²) in [6.45, 7) is 3.73. The fourth-order valence-electron chi connectivity index (χ4n) is 1.11. The van der Waals surface area contributed by atoms with Crippen molar-refractivity contribution in [2.24, 2.45) is 5.90 Å². The molecule has 0 aromatic heterocycles. The molecule has 3 heteroatoms. The first-order chi connectivity index (χ1) is 6.19. The van der Waals surface area contributed by atoms with Gasteiger partial charge >= 0.3 is 0 Å². The van der Waals surface area contributed by atoms with Crippen LogP contribution in [0.5, 0.6) is 11.5 Å². The minimum atomic E-state index is 0.189. The number of allylic oxidation sites excluding steroid dienone is 1. The number of rotatable bonds is 2. The van der Waals surface area contributed by atoms with Gasteiger partial charge in [0.2, 0.25) is 0 Å². The van der Waals surface area contributed by atoms with E-state index in [1.54, 1.807) is 0 Å². The molecule has 0 fully saturated rings. The van der Waals surface area contributed by atoms with E-state index in [0.29, 0.717) is 5.75 Å². The van der Waals surface area contributed by atoms with Gasteiger partial charge in [-0.2, -0.15) is 5.90 Å². The Morgan fingerprint density at radius 3 is 2.69 bits per heavy atom. The van der Waals surface area contributed by atoms with Crippen LogP contribution in [0.1, 0.15) is 18.1 Å². The molecule has 3 nitrogen and oxygen atoms in total. The van der Waals surface area contributed by atoms with Crippen LogP contribution >= 0.6 is 0 Å². The summed E-state index contributed by atoms with van der Waals surface area (Å²) in [6.07, 6.45) is 3.75. The van der Waals surface area contributed by atoms with Crippen LogP contribution in [0.4, 0.5) is 0 Å². The Balaban J connectivity index is 3.24. The predicted octanol–water partition coefficient (Wildman–Crippen LogP) is 1.99. The number of hydrogen-bond acceptors (Lipinski definition) is 3. The van der Waals surface area contributed by atoms with E-state index in [2.05, 4.69) is 4.84 Å². The summed E-state index contributed by atoms with van der Waals surface area (Å²) >= 11 is 0. The molecule has 1 rings (SSSR count). The van der Waals surface area contributed by atoms with Gasteiger partial charge in [0.25, 0.3) is 0 Å².